The standard InChI is InChI=1S/C12H16O4/c1-8(12(14)16-3)11(13)9-4-6-10(15-2)7-5-9/h4-8,11,13H,1-3H3/t8-,11+/m1/s1. The normalized spacial score (nSPS) is 14.0. The number of methoxy groups -OCH3 is 2. The van der Waals surface area contributed by atoms with Gasteiger partial charge in [-0.15, -0.1) is 0 Å². The Morgan fingerprint density at radius 1 is 1.25 bits per heavy atom. The molecule has 0 amide bonds. The second-order valence-electron chi connectivity index (χ2n) is 3.53. The lowest BCUT2D eigenvalue weighted by molar-refractivity contribution is -0.148. The van der Waals surface area contributed by atoms with Crippen LogP contribution in [0.4, 0.5) is 0 Å². The first-order valence-electron chi connectivity index (χ1n) is 5.00. The van der Waals surface area contributed by atoms with E-state index in [2.05, 4.69) is 4.74 Å². The molecular formula is C12H16O4. The lowest BCUT2D eigenvalue weighted by Gasteiger charge is -2.17. The van der Waals surface area contributed by atoms with Crippen LogP contribution in [0.2, 0.25) is 0 Å². The molecule has 0 saturated heterocycles. The number of aliphatic hydroxyl groups excluding tert-OH is 1. The molecule has 0 unspecified atom stereocenters. The van der Waals surface area contributed by atoms with Gasteiger partial charge in [0.05, 0.1) is 26.2 Å². The van der Waals surface area contributed by atoms with Crippen LogP contribution >= 0.6 is 0 Å². The van der Waals surface area contributed by atoms with Crippen LogP contribution in [0.15, 0.2) is 24.3 Å². The molecule has 0 aromatic heterocycles. The third-order valence-electron chi connectivity index (χ3n) is 2.50. The molecule has 0 heterocycles. The van der Waals surface area contributed by atoms with Crippen molar-refractivity contribution in [3.05, 3.63) is 29.8 Å². The average Bonchev–Trinajstić information content (AvgIpc) is 2.36. The summed E-state index contributed by atoms with van der Waals surface area (Å²) in [7, 11) is 2.88. The lowest BCUT2D eigenvalue weighted by atomic mass is 9.97. The van der Waals surface area contributed by atoms with E-state index < -0.39 is 18.0 Å². The van der Waals surface area contributed by atoms with E-state index in [4.69, 9.17) is 4.74 Å². The fourth-order valence-corrected chi connectivity index (χ4v) is 1.40. The van der Waals surface area contributed by atoms with Crippen molar-refractivity contribution in [2.45, 2.75) is 13.0 Å². The van der Waals surface area contributed by atoms with Gasteiger partial charge in [-0.25, -0.2) is 0 Å². The van der Waals surface area contributed by atoms with Crippen LogP contribution < -0.4 is 4.74 Å². The molecule has 4 nitrogen and oxygen atoms in total. The fourth-order valence-electron chi connectivity index (χ4n) is 1.40. The Morgan fingerprint density at radius 3 is 2.25 bits per heavy atom. The number of esters is 1. The molecule has 1 rings (SSSR count). The first kappa shape index (κ1) is 12.5. The minimum atomic E-state index is -0.863. The monoisotopic (exact) mass is 224 g/mol. The van der Waals surface area contributed by atoms with Crippen LogP contribution in [0.3, 0.4) is 0 Å². The van der Waals surface area contributed by atoms with Crippen molar-refractivity contribution >= 4 is 5.97 Å². The van der Waals surface area contributed by atoms with Crippen molar-refractivity contribution in [1.82, 2.24) is 0 Å². The SMILES string of the molecule is COC(=O)[C@H](C)[C@H](O)c1ccc(OC)cc1. The summed E-state index contributed by atoms with van der Waals surface area (Å²) < 4.78 is 9.58. The summed E-state index contributed by atoms with van der Waals surface area (Å²) in [5.74, 6) is -0.302. The smallest absolute Gasteiger partial charge is 0.311 e. The van der Waals surface area contributed by atoms with Crippen molar-refractivity contribution < 1.29 is 19.4 Å². The zero-order chi connectivity index (χ0) is 12.1. The maximum atomic E-state index is 11.2. The number of benzene rings is 1. The Hall–Kier alpha value is -1.55. The van der Waals surface area contributed by atoms with Gasteiger partial charge in [0.15, 0.2) is 0 Å². The molecule has 88 valence electrons. The number of hydrogen-bond donors (Lipinski definition) is 1. The molecule has 1 aromatic rings. The quantitative estimate of drug-likeness (QED) is 0.788. The summed E-state index contributed by atoms with van der Waals surface area (Å²) in [6.07, 6.45) is -0.863. The topological polar surface area (TPSA) is 55.8 Å². The third kappa shape index (κ3) is 2.73. The number of carbonyl (C=O) groups is 1. The van der Waals surface area contributed by atoms with Crippen molar-refractivity contribution in [3.63, 3.8) is 0 Å². The molecule has 2 atom stereocenters. The lowest BCUT2D eigenvalue weighted by Crippen LogP contribution is -2.20. The Labute approximate surface area is 94.8 Å². The predicted molar refractivity (Wildman–Crippen MR) is 59.1 cm³/mol. The first-order valence-corrected chi connectivity index (χ1v) is 5.00. The predicted octanol–water partition coefficient (Wildman–Crippen LogP) is 1.54. The molecule has 0 fully saturated rings. The highest BCUT2D eigenvalue weighted by Crippen LogP contribution is 2.24. The molecule has 1 aromatic carbocycles. The Bertz CT molecular complexity index is 345. The number of hydrogen-bond acceptors (Lipinski definition) is 4. The van der Waals surface area contributed by atoms with Crippen LogP contribution in [-0.2, 0) is 9.53 Å². The van der Waals surface area contributed by atoms with Crippen molar-refractivity contribution in [2.75, 3.05) is 14.2 Å². The molecule has 0 aliphatic carbocycles. The summed E-state index contributed by atoms with van der Waals surface area (Å²) >= 11 is 0. The fraction of sp³-hybridized carbons (Fsp3) is 0.417. The molecule has 0 bridgehead atoms. The van der Waals surface area contributed by atoms with Gasteiger partial charge >= 0.3 is 5.97 Å². The van der Waals surface area contributed by atoms with Gasteiger partial charge in [0.2, 0.25) is 0 Å². The summed E-state index contributed by atoms with van der Waals surface area (Å²) in [6.45, 7) is 1.63. The van der Waals surface area contributed by atoms with Gasteiger partial charge in [0, 0.05) is 0 Å². The van der Waals surface area contributed by atoms with Crippen LogP contribution in [-0.4, -0.2) is 25.3 Å². The summed E-state index contributed by atoms with van der Waals surface area (Å²) in [4.78, 5) is 11.2. The van der Waals surface area contributed by atoms with Gasteiger partial charge in [-0.1, -0.05) is 12.1 Å². The van der Waals surface area contributed by atoms with Crippen molar-refractivity contribution in [1.29, 1.82) is 0 Å². The molecule has 0 spiro atoms. The van der Waals surface area contributed by atoms with Crippen molar-refractivity contribution in [2.24, 2.45) is 5.92 Å². The second kappa shape index (κ2) is 5.51. The van der Waals surface area contributed by atoms with E-state index in [0.29, 0.717) is 11.3 Å². The van der Waals surface area contributed by atoms with Crippen LogP contribution in [0.5, 0.6) is 5.75 Å². The van der Waals surface area contributed by atoms with Gasteiger partial charge in [-0.3, -0.25) is 4.79 Å². The van der Waals surface area contributed by atoms with Crippen molar-refractivity contribution in [3.8, 4) is 5.75 Å². The van der Waals surface area contributed by atoms with E-state index in [-0.39, 0.29) is 0 Å². The molecule has 1 N–H and O–H groups in total. The maximum absolute atomic E-state index is 11.2. The maximum Gasteiger partial charge on any atom is 0.311 e. The van der Waals surface area contributed by atoms with Gasteiger partial charge in [0.25, 0.3) is 0 Å². The van der Waals surface area contributed by atoms with E-state index in [1.54, 1.807) is 38.3 Å². The highest BCUT2D eigenvalue weighted by Gasteiger charge is 2.23. The first-order chi connectivity index (χ1) is 7.60. The molecule has 4 heteroatoms. The van der Waals surface area contributed by atoms with E-state index in [1.807, 2.05) is 0 Å². The van der Waals surface area contributed by atoms with E-state index in [0.717, 1.165) is 0 Å². The van der Waals surface area contributed by atoms with Crippen LogP contribution in [0, 0.1) is 5.92 Å². The van der Waals surface area contributed by atoms with E-state index in [1.165, 1.54) is 7.11 Å². The number of rotatable bonds is 4. The van der Waals surface area contributed by atoms with Gasteiger partial charge in [-0.2, -0.15) is 0 Å². The molecule has 0 saturated carbocycles. The van der Waals surface area contributed by atoms with Crippen LogP contribution in [0.25, 0.3) is 0 Å². The average molecular weight is 224 g/mol. The Kier molecular flexibility index (Phi) is 4.31. The van der Waals surface area contributed by atoms with E-state index >= 15 is 0 Å². The highest BCUT2D eigenvalue weighted by molar-refractivity contribution is 5.72. The molecular weight excluding hydrogens is 208 g/mol. The summed E-state index contributed by atoms with van der Waals surface area (Å²) in [6, 6.07) is 6.93. The van der Waals surface area contributed by atoms with Gasteiger partial charge in [0.1, 0.15) is 5.75 Å². The third-order valence-corrected chi connectivity index (χ3v) is 2.50. The summed E-state index contributed by atoms with van der Waals surface area (Å²) in [5, 5.41) is 9.91. The Balaban J connectivity index is 2.79. The second-order valence-corrected chi connectivity index (χ2v) is 3.53. The largest absolute Gasteiger partial charge is 0.497 e. The number of aliphatic hydroxyl groups is 1. The molecule has 0 aliphatic heterocycles. The zero-order valence-electron chi connectivity index (χ0n) is 9.64. The number of carbonyl (C=O) groups excluding carboxylic acids is 1. The summed E-state index contributed by atoms with van der Waals surface area (Å²) in [5.41, 5.74) is 0.665. The molecule has 16 heavy (non-hydrogen) atoms. The zero-order valence-corrected chi connectivity index (χ0v) is 9.64. The molecule has 0 radical (unpaired) electrons. The van der Waals surface area contributed by atoms with Gasteiger partial charge in [-0.05, 0) is 24.6 Å². The minimum Gasteiger partial charge on any atom is -0.497 e. The van der Waals surface area contributed by atoms with Gasteiger partial charge < -0.3 is 14.6 Å². The molecule has 0 aliphatic rings. The highest BCUT2D eigenvalue weighted by atomic mass is 16.5. The van der Waals surface area contributed by atoms with Crippen LogP contribution in [0.1, 0.15) is 18.6 Å². The van der Waals surface area contributed by atoms with E-state index in [9.17, 15) is 9.90 Å². The Morgan fingerprint density at radius 2 is 1.81 bits per heavy atom. The number of ether oxygens (including phenoxy) is 2. The minimum absolute atomic E-state index is 0.427.